The second-order valence-corrected chi connectivity index (χ2v) is 7.14. The quantitative estimate of drug-likeness (QED) is 0.682. The van der Waals surface area contributed by atoms with Crippen LogP contribution in [0, 0.1) is 11.3 Å². The van der Waals surface area contributed by atoms with E-state index in [1.165, 1.54) is 31.4 Å². The van der Waals surface area contributed by atoms with Gasteiger partial charge in [-0.2, -0.15) is 11.8 Å². The molecular weight excluding hydrogens is 238 g/mol. The minimum Gasteiger partial charge on any atom is -0.375 e. The molecule has 106 valence electrons. The molecule has 0 saturated heterocycles. The van der Waals surface area contributed by atoms with Gasteiger partial charge in [0.15, 0.2) is 0 Å². The highest BCUT2D eigenvalue weighted by Crippen LogP contribution is 2.53. The predicted octanol–water partition coefficient (Wildman–Crippen LogP) is 4.79. The lowest BCUT2D eigenvalue weighted by Crippen LogP contribution is -2.43. The maximum atomic E-state index is 4.14. The van der Waals surface area contributed by atoms with E-state index < -0.39 is 0 Å². The summed E-state index contributed by atoms with van der Waals surface area (Å²) < 4.78 is 0. The zero-order valence-electron chi connectivity index (χ0n) is 13.1. The molecule has 3 unspecified atom stereocenters. The molecule has 0 aromatic rings. The van der Waals surface area contributed by atoms with E-state index in [1.54, 1.807) is 0 Å². The van der Waals surface area contributed by atoms with Crippen LogP contribution >= 0.6 is 11.8 Å². The number of nitrogens with zero attached hydrogens (tertiary/aromatic N) is 1. The van der Waals surface area contributed by atoms with Gasteiger partial charge < -0.3 is 4.90 Å². The van der Waals surface area contributed by atoms with Crippen LogP contribution in [0.15, 0.2) is 12.3 Å². The zero-order chi connectivity index (χ0) is 13.9. The summed E-state index contributed by atoms with van der Waals surface area (Å²) >= 11 is 2.09. The molecule has 0 bridgehead atoms. The Labute approximate surface area is 118 Å². The Morgan fingerprint density at radius 1 is 1.44 bits per heavy atom. The zero-order valence-corrected chi connectivity index (χ0v) is 13.9. The molecule has 0 aromatic heterocycles. The first-order valence-corrected chi connectivity index (χ1v) is 8.62. The Kier molecular flexibility index (Phi) is 5.64. The summed E-state index contributed by atoms with van der Waals surface area (Å²) in [4.78, 5) is 2.43. The molecule has 0 aromatic carbocycles. The molecule has 1 nitrogen and oxygen atoms in total. The van der Waals surface area contributed by atoms with Crippen molar-refractivity contribution in [1.29, 1.82) is 0 Å². The van der Waals surface area contributed by atoms with E-state index in [1.807, 2.05) is 0 Å². The van der Waals surface area contributed by atoms with Crippen molar-refractivity contribution in [2.24, 2.45) is 11.3 Å². The Morgan fingerprint density at radius 2 is 2.06 bits per heavy atom. The average Bonchev–Trinajstić information content (AvgIpc) is 2.62. The van der Waals surface area contributed by atoms with E-state index in [4.69, 9.17) is 0 Å². The minimum atomic E-state index is 0.424. The maximum absolute atomic E-state index is 4.14. The van der Waals surface area contributed by atoms with Crippen LogP contribution in [0.5, 0.6) is 0 Å². The molecule has 1 aliphatic rings. The first kappa shape index (κ1) is 15.9. The topological polar surface area (TPSA) is 3.24 Å². The van der Waals surface area contributed by atoms with Gasteiger partial charge in [-0.15, -0.1) is 0 Å². The second kappa shape index (κ2) is 6.36. The van der Waals surface area contributed by atoms with Crippen LogP contribution in [0.4, 0.5) is 0 Å². The molecule has 1 fully saturated rings. The summed E-state index contributed by atoms with van der Waals surface area (Å²) in [7, 11) is 2.23. The third-order valence-corrected chi connectivity index (χ3v) is 6.54. The lowest BCUT2D eigenvalue weighted by molar-refractivity contribution is 0.156. The minimum absolute atomic E-state index is 0.424. The molecule has 18 heavy (non-hydrogen) atoms. The molecule has 1 rings (SSSR count). The van der Waals surface area contributed by atoms with Crippen molar-refractivity contribution in [2.45, 2.75) is 64.7 Å². The highest BCUT2D eigenvalue weighted by molar-refractivity contribution is 7.99. The van der Waals surface area contributed by atoms with Gasteiger partial charge in [-0.25, -0.2) is 0 Å². The van der Waals surface area contributed by atoms with E-state index >= 15 is 0 Å². The van der Waals surface area contributed by atoms with Crippen molar-refractivity contribution < 1.29 is 0 Å². The van der Waals surface area contributed by atoms with Crippen molar-refractivity contribution >= 4 is 11.8 Å². The third kappa shape index (κ3) is 2.74. The molecular formula is C16H31NS. The first-order valence-electron chi connectivity index (χ1n) is 7.33. The lowest BCUT2D eigenvalue weighted by atomic mass is 9.80. The standard InChI is InChI=1S/C16H31NS/c1-8-10-13-11-14(17(6)12(3)4)16(5,9-2)15(13)18-7/h13-15H,3,8-11H2,1-2,4-7H3/t13-,14?,15?,16?/m0/s1. The molecule has 1 saturated carbocycles. The van der Waals surface area contributed by atoms with Crippen LogP contribution in [0.3, 0.4) is 0 Å². The molecule has 2 heteroatoms. The van der Waals surface area contributed by atoms with Crippen molar-refractivity contribution in [3.8, 4) is 0 Å². The fourth-order valence-corrected chi connectivity index (χ4v) is 5.31. The van der Waals surface area contributed by atoms with Crippen molar-refractivity contribution in [3.05, 3.63) is 12.3 Å². The third-order valence-electron chi connectivity index (χ3n) is 5.11. The second-order valence-electron chi connectivity index (χ2n) is 6.16. The van der Waals surface area contributed by atoms with Gasteiger partial charge in [0.1, 0.15) is 0 Å². The molecule has 4 atom stereocenters. The van der Waals surface area contributed by atoms with Gasteiger partial charge in [-0.05, 0) is 43.8 Å². The van der Waals surface area contributed by atoms with Crippen LogP contribution in [-0.2, 0) is 0 Å². The molecule has 1 aliphatic carbocycles. The smallest absolute Gasteiger partial charge is 0.0350 e. The molecule has 0 amide bonds. The van der Waals surface area contributed by atoms with Crippen LogP contribution < -0.4 is 0 Å². The highest BCUT2D eigenvalue weighted by Gasteiger charge is 2.51. The number of allylic oxidation sites excluding steroid dienone is 1. The van der Waals surface area contributed by atoms with Crippen LogP contribution in [0.25, 0.3) is 0 Å². The Balaban J connectivity index is 3.00. The SMILES string of the molecule is C=C(C)N(C)C1C[C@H](CCC)C(SC)C1(C)CC. The molecule has 0 N–H and O–H groups in total. The summed E-state index contributed by atoms with van der Waals surface area (Å²) in [6, 6.07) is 0.661. The van der Waals surface area contributed by atoms with Gasteiger partial charge in [-0.3, -0.25) is 0 Å². The number of hydrogen-bond acceptors (Lipinski definition) is 2. The van der Waals surface area contributed by atoms with Crippen LogP contribution in [0.1, 0.15) is 53.4 Å². The number of rotatable bonds is 6. The van der Waals surface area contributed by atoms with Crippen molar-refractivity contribution in [2.75, 3.05) is 13.3 Å². The fourth-order valence-electron chi connectivity index (χ4n) is 3.81. The predicted molar refractivity (Wildman–Crippen MR) is 85.1 cm³/mol. The largest absolute Gasteiger partial charge is 0.375 e. The fraction of sp³-hybridized carbons (Fsp3) is 0.875. The monoisotopic (exact) mass is 269 g/mol. The number of hydrogen-bond donors (Lipinski definition) is 0. The summed E-state index contributed by atoms with van der Waals surface area (Å²) in [6.07, 6.45) is 7.59. The van der Waals surface area contributed by atoms with Gasteiger partial charge in [0, 0.05) is 24.0 Å². The summed E-state index contributed by atoms with van der Waals surface area (Å²) in [6.45, 7) is 13.4. The van der Waals surface area contributed by atoms with Gasteiger partial charge in [0.2, 0.25) is 0 Å². The van der Waals surface area contributed by atoms with E-state index in [9.17, 15) is 0 Å². The summed E-state index contributed by atoms with van der Waals surface area (Å²) in [5.74, 6) is 0.877. The normalized spacial score (nSPS) is 35.8. The Bertz CT molecular complexity index is 289. The molecule has 0 aliphatic heterocycles. The Morgan fingerprint density at radius 3 is 2.44 bits per heavy atom. The average molecular weight is 269 g/mol. The van der Waals surface area contributed by atoms with Crippen molar-refractivity contribution in [3.63, 3.8) is 0 Å². The van der Waals surface area contributed by atoms with E-state index in [-0.39, 0.29) is 0 Å². The molecule has 0 spiro atoms. The first-order chi connectivity index (χ1) is 8.42. The van der Waals surface area contributed by atoms with Crippen molar-refractivity contribution in [1.82, 2.24) is 4.90 Å². The number of thioether (sulfide) groups is 1. The van der Waals surface area contributed by atoms with Crippen LogP contribution in [0.2, 0.25) is 0 Å². The summed E-state index contributed by atoms with van der Waals surface area (Å²) in [5.41, 5.74) is 1.63. The lowest BCUT2D eigenvalue weighted by Gasteiger charge is -2.41. The van der Waals surface area contributed by atoms with Gasteiger partial charge >= 0.3 is 0 Å². The van der Waals surface area contributed by atoms with E-state index in [0.717, 1.165) is 11.2 Å². The Hall–Kier alpha value is -0.110. The van der Waals surface area contributed by atoms with Gasteiger partial charge in [0.05, 0.1) is 0 Å². The summed E-state index contributed by atoms with van der Waals surface area (Å²) in [5, 5.41) is 0.800. The maximum Gasteiger partial charge on any atom is 0.0350 e. The van der Waals surface area contributed by atoms with E-state index in [0.29, 0.717) is 11.5 Å². The molecule has 0 heterocycles. The van der Waals surface area contributed by atoms with Gasteiger partial charge in [0.25, 0.3) is 0 Å². The van der Waals surface area contributed by atoms with E-state index in [2.05, 4.69) is 64.2 Å². The van der Waals surface area contributed by atoms with Crippen LogP contribution in [-0.4, -0.2) is 29.5 Å². The van der Waals surface area contributed by atoms with Gasteiger partial charge in [-0.1, -0.05) is 33.8 Å². The molecule has 0 radical (unpaired) electrons. The highest BCUT2D eigenvalue weighted by atomic mass is 32.2.